The maximum absolute atomic E-state index is 10.8. The van der Waals surface area contributed by atoms with Gasteiger partial charge in [-0.15, -0.1) is 0 Å². The second-order valence-electron chi connectivity index (χ2n) is 5.66. The van der Waals surface area contributed by atoms with Crippen molar-refractivity contribution in [1.82, 2.24) is 4.98 Å². The highest BCUT2D eigenvalue weighted by Crippen LogP contribution is 2.38. The van der Waals surface area contributed by atoms with Gasteiger partial charge in [-0.2, -0.15) is 0 Å². The average Bonchev–Trinajstić information content (AvgIpc) is 2.92. The third-order valence-corrected chi connectivity index (χ3v) is 3.94. The van der Waals surface area contributed by atoms with E-state index < -0.39 is 0 Å². The summed E-state index contributed by atoms with van der Waals surface area (Å²) in [5.41, 5.74) is 2.08. The smallest absolute Gasteiger partial charge is 0.212 e. The number of carbonyl (C=O) groups is 1. The molecule has 1 aliphatic heterocycles. The lowest BCUT2D eigenvalue weighted by atomic mass is 10.0. The van der Waals surface area contributed by atoms with Crippen molar-refractivity contribution >= 4 is 12.2 Å². The maximum atomic E-state index is 10.8. The third kappa shape index (κ3) is 3.13. The molecule has 0 bridgehead atoms. The molecule has 0 radical (unpaired) electrons. The van der Waals surface area contributed by atoms with E-state index in [-0.39, 0.29) is 0 Å². The van der Waals surface area contributed by atoms with Gasteiger partial charge in [0.15, 0.2) is 0 Å². The number of aromatic nitrogens is 1. The first kappa shape index (κ1) is 15.3. The molecule has 2 heterocycles. The van der Waals surface area contributed by atoms with Gasteiger partial charge in [-0.05, 0) is 30.7 Å². The summed E-state index contributed by atoms with van der Waals surface area (Å²) in [5, 5.41) is 2.64. The molecule has 0 fully saturated rings. The molecule has 1 unspecified atom stereocenters. The molecule has 3 rings (SSSR count). The Bertz CT molecular complexity index is 715. The number of fused-ring (bicyclic) bond motifs is 1. The fraction of sp³-hybridized carbons (Fsp3) is 0.333. The number of anilines is 1. The van der Waals surface area contributed by atoms with Gasteiger partial charge >= 0.3 is 0 Å². The molecule has 2 aromatic rings. The van der Waals surface area contributed by atoms with Crippen molar-refractivity contribution in [2.75, 3.05) is 11.9 Å². The molecule has 23 heavy (non-hydrogen) atoms. The minimum absolute atomic E-state index is 0.369. The van der Waals surface area contributed by atoms with Crippen LogP contribution in [0.1, 0.15) is 37.3 Å². The van der Waals surface area contributed by atoms with Gasteiger partial charge < -0.3 is 14.8 Å². The Morgan fingerprint density at radius 2 is 2.30 bits per heavy atom. The molecule has 1 amide bonds. The van der Waals surface area contributed by atoms with Gasteiger partial charge in [-0.25, -0.2) is 4.98 Å². The molecule has 120 valence electrons. The van der Waals surface area contributed by atoms with Crippen LogP contribution >= 0.6 is 0 Å². The summed E-state index contributed by atoms with van der Waals surface area (Å²) < 4.78 is 11.7. The average molecular weight is 312 g/mol. The van der Waals surface area contributed by atoms with Gasteiger partial charge in [0.25, 0.3) is 0 Å². The molecule has 1 atom stereocenters. The molecule has 0 spiro atoms. The van der Waals surface area contributed by atoms with E-state index in [1.165, 1.54) is 5.56 Å². The van der Waals surface area contributed by atoms with Crippen molar-refractivity contribution in [3.05, 3.63) is 41.6 Å². The first-order valence-electron chi connectivity index (χ1n) is 7.85. The molecule has 5 nitrogen and oxygen atoms in total. The molecule has 1 aromatic heterocycles. The maximum Gasteiger partial charge on any atom is 0.212 e. The Morgan fingerprint density at radius 1 is 1.43 bits per heavy atom. The summed E-state index contributed by atoms with van der Waals surface area (Å²) >= 11 is 0. The van der Waals surface area contributed by atoms with Crippen LogP contribution < -0.4 is 14.8 Å². The zero-order valence-corrected chi connectivity index (χ0v) is 13.3. The van der Waals surface area contributed by atoms with Crippen LogP contribution in [-0.2, 0) is 11.2 Å². The number of rotatable bonds is 6. The first-order valence-corrected chi connectivity index (χ1v) is 7.85. The zero-order valence-electron chi connectivity index (χ0n) is 13.3. The number of amides is 1. The van der Waals surface area contributed by atoms with Gasteiger partial charge in [0, 0.05) is 23.2 Å². The Balaban J connectivity index is 1.92. The minimum atomic E-state index is 0.369. The molecule has 5 heteroatoms. The lowest BCUT2D eigenvalue weighted by Crippen LogP contribution is -2.03. The lowest BCUT2D eigenvalue weighted by Gasteiger charge is -2.14. The van der Waals surface area contributed by atoms with Crippen molar-refractivity contribution in [3.8, 4) is 17.2 Å². The minimum Gasteiger partial charge on any atom is -0.493 e. The molecule has 0 saturated heterocycles. The summed E-state index contributed by atoms with van der Waals surface area (Å²) in [6, 6.07) is 7.70. The highest BCUT2D eigenvalue weighted by Gasteiger charge is 2.21. The predicted octanol–water partition coefficient (Wildman–Crippen LogP) is 3.89. The van der Waals surface area contributed by atoms with Crippen LogP contribution in [-0.4, -0.2) is 18.0 Å². The van der Waals surface area contributed by atoms with Crippen LogP contribution in [0.3, 0.4) is 0 Å². The SMILES string of the molecule is CCCc1c(Oc2ccc3c(c2)C(C)CO3)ccnc1NC=O. The van der Waals surface area contributed by atoms with Gasteiger partial charge in [-0.1, -0.05) is 20.3 Å². The first-order chi connectivity index (χ1) is 11.2. The van der Waals surface area contributed by atoms with E-state index in [2.05, 4.69) is 24.1 Å². The van der Waals surface area contributed by atoms with E-state index in [0.29, 0.717) is 24.8 Å². The summed E-state index contributed by atoms with van der Waals surface area (Å²) in [7, 11) is 0. The van der Waals surface area contributed by atoms with Crippen LogP contribution in [0.25, 0.3) is 0 Å². The Labute approximate surface area is 135 Å². The van der Waals surface area contributed by atoms with Gasteiger partial charge in [0.1, 0.15) is 23.1 Å². The topological polar surface area (TPSA) is 60.5 Å². The predicted molar refractivity (Wildman–Crippen MR) is 88.3 cm³/mol. The second-order valence-corrected chi connectivity index (χ2v) is 5.66. The Hall–Kier alpha value is -2.56. The van der Waals surface area contributed by atoms with E-state index >= 15 is 0 Å². The molecule has 1 N–H and O–H groups in total. The van der Waals surface area contributed by atoms with E-state index in [4.69, 9.17) is 9.47 Å². The number of pyridine rings is 1. The normalized spacial score (nSPS) is 15.7. The monoisotopic (exact) mass is 312 g/mol. The number of hydrogen-bond donors (Lipinski definition) is 1. The van der Waals surface area contributed by atoms with E-state index in [0.717, 1.165) is 35.7 Å². The summed E-state index contributed by atoms with van der Waals surface area (Å²) in [6.45, 7) is 4.93. The fourth-order valence-corrected chi connectivity index (χ4v) is 2.78. The van der Waals surface area contributed by atoms with E-state index in [9.17, 15) is 4.79 Å². The number of nitrogens with one attached hydrogen (secondary N) is 1. The fourth-order valence-electron chi connectivity index (χ4n) is 2.78. The van der Waals surface area contributed by atoms with Crippen LogP contribution in [0.4, 0.5) is 5.82 Å². The van der Waals surface area contributed by atoms with Crippen LogP contribution in [0.5, 0.6) is 17.2 Å². The molecule has 1 aromatic carbocycles. The van der Waals surface area contributed by atoms with Crippen LogP contribution in [0.2, 0.25) is 0 Å². The summed E-state index contributed by atoms with van der Waals surface area (Å²) in [6.07, 6.45) is 3.99. The summed E-state index contributed by atoms with van der Waals surface area (Å²) in [5.74, 6) is 3.33. The van der Waals surface area contributed by atoms with Crippen LogP contribution in [0, 0.1) is 0 Å². The highest BCUT2D eigenvalue weighted by molar-refractivity contribution is 5.72. The van der Waals surface area contributed by atoms with Crippen molar-refractivity contribution in [1.29, 1.82) is 0 Å². The highest BCUT2D eigenvalue weighted by atomic mass is 16.5. The molecule has 0 saturated carbocycles. The van der Waals surface area contributed by atoms with Gasteiger partial charge in [0.05, 0.1) is 6.61 Å². The zero-order chi connectivity index (χ0) is 16.2. The van der Waals surface area contributed by atoms with Crippen molar-refractivity contribution in [2.24, 2.45) is 0 Å². The van der Waals surface area contributed by atoms with Gasteiger partial charge in [-0.3, -0.25) is 4.79 Å². The Kier molecular flexibility index (Phi) is 4.46. The van der Waals surface area contributed by atoms with E-state index in [1.54, 1.807) is 6.20 Å². The molecular formula is C18H20N2O3. The lowest BCUT2D eigenvalue weighted by molar-refractivity contribution is -0.105. The number of ether oxygens (including phenoxy) is 2. The van der Waals surface area contributed by atoms with Crippen LogP contribution in [0.15, 0.2) is 30.5 Å². The number of benzene rings is 1. The molecule has 1 aliphatic rings. The number of carbonyl (C=O) groups excluding carboxylic acids is 1. The second kappa shape index (κ2) is 6.69. The van der Waals surface area contributed by atoms with Crippen molar-refractivity contribution in [3.63, 3.8) is 0 Å². The standard InChI is InChI=1S/C18H20N2O3/c1-3-4-14-17(7-8-19-18(14)20-11-21)23-13-5-6-16-15(9-13)12(2)10-22-16/h5-9,11-12H,3-4,10H2,1-2H3,(H,19,20,21). The molecular weight excluding hydrogens is 292 g/mol. The van der Waals surface area contributed by atoms with E-state index in [1.807, 2.05) is 24.3 Å². The largest absolute Gasteiger partial charge is 0.493 e. The number of hydrogen-bond acceptors (Lipinski definition) is 4. The number of nitrogens with zero attached hydrogens (tertiary/aromatic N) is 1. The molecule has 0 aliphatic carbocycles. The van der Waals surface area contributed by atoms with Crippen molar-refractivity contribution < 1.29 is 14.3 Å². The third-order valence-electron chi connectivity index (χ3n) is 3.94. The van der Waals surface area contributed by atoms with Crippen molar-refractivity contribution in [2.45, 2.75) is 32.6 Å². The quantitative estimate of drug-likeness (QED) is 0.822. The Morgan fingerprint density at radius 3 is 3.09 bits per heavy atom. The summed E-state index contributed by atoms with van der Waals surface area (Å²) in [4.78, 5) is 15.0. The van der Waals surface area contributed by atoms with Gasteiger partial charge in [0.2, 0.25) is 6.41 Å².